The predicted octanol–water partition coefficient (Wildman–Crippen LogP) is 1.41. The second-order valence-electron chi connectivity index (χ2n) is 7.55. The highest BCUT2D eigenvalue weighted by molar-refractivity contribution is 5.73. The highest BCUT2D eigenvalue weighted by atomic mass is 16.5. The number of rotatable bonds is 15. The fraction of sp³-hybridized carbons (Fsp3) is 0.565. The van der Waals surface area contributed by atoms with E-state index in [2.05, 4.69) is 20.3 Å². The van der Waals surface area contributed by atoms with Crippen molar-refractivity contribution in [2.75, 3.05) is 33.3 Å². The second-order valence-corrected chi connectivity index (χ2v) is 7.55. The van der Waals surface area contributed by atoms with Gasteiger partial charge in [-0.2, -0.15) is 0 Å². The SMILES string of the molecule is COC(=O)CCC(CN(CCCC(=O)OCc1ccccc1)CCNC(C)=O)NC(C)=O. The van der Waals surface area contributed by atoms with Crippen molar-refractivity contribution in [1.29, 1.82) is 0 Å². The summed E-state index contributed by atoms with van der Waals surface area (Å²) >= 11 is 0. The van der Waals surface area contributed by atoms with Crippen LogP contribution in [0, 0.1) is 0 Å². The molecule has 1 aromatic rings. The molecule has 1 atom stereocenters. The first-order valence-electron chi connectivity index (χ1n) is 10.8. The molecule has 0 aliphatic rings. The average molecular weight is 450 g/mol. The van der Waals surface area contributed by atoms with Crippen molar-refractivity contribution in [3.05, 3.63) is 35.9 Å². The lowest BCUT2D eigenvalue weighted by Crippen LogP contribution is -2.45. The van der Waals surface area contributed by atoms with Crippen LogP contribution < -0.4 is 10.6 Å². The van der Waals surface area contributed by atoms with Gasteiger partial charge in [0.25, 0.3) is 0 Å². The maximum atomic E-state index is 12.1. The van der Waals surface area contributed by atoms with E-state index in [4.69, 9.17) is 4.74 Å². The first-order chi connectivity index (χ1) is 15.3. The van der Waals surface area contributed by atoms with Crippen molar-refractivity contribution < 1.29 is 28.7 Å². The summed E-state index contributed by atoms with van der Waals surface area (Å²) in [6.45, 7) is 5.16. The third-order valence-corrected chi connectivity index (χ3v) is 4.71. The van der Waals surface area contributed by atoms with Crippen LogP contribution in [0.25, 0.3) is 0 Å². The summed E-state index contributed by atoms with van der Waals surface area (Å²) in [5.41, 5.74) is 0.932. The van der Waals surface area contributed by atoms with Crippen molar-refractivity contribution >= 4 is 23.8 Å². The van der Waals surface area contributed by atoms with Crippen LogP contribution in [-0.2, 0) is 35.3 Å². The van der Waals surface area contributed by atoms with Gasteiger partial charge >= 0.3 is 11.9 Å². The van der Waals surface area contributed by atoms with Gasteiger partial charge in [0.15, 0.2) is 0 Å². The normalized spacial score (nSPS) is 11.5. The molecular formula is C23H35N3O6. The third kappa shape index (κ3) is 13.4. The number of esters is 2. The van der Waals surface area contributed by atoms with Crippen molar-refractivity contribution in [3.8, 4) is 0 Å². The molecule has 32 heavy (non-hydrogen) atoms. The van der Waals surface area contributed by atoms with Crippen molar-refractivity contribution in [2.45, 2.75) is 52.2 Å². The first-order valence-corrected chi connectivity index (χ1v) is 10.8. The number of methoxy groups -OCH3 is 1. The molecular weight excluding hydrogens is 414 g/mol. The Hall–Kier alpha value is -2.94. The molecule has 9 heteroatoms. The molecule has 0 heterocycles. The van der Waals surface area contributed by atoms with Crippen molar-refractivity contribution in [1.82, 2.24) is 15.5 Å². The molecule has 0 bridgehead atoms. The maximum absolute atomic E-state index is 12.1. The Morgan fingerprint density at radius 1 is 0.969 bits per heavy atom. The Balaban J connectivity index is 2.56. The van der Waals surface area contributed by atoms with Gasteiger partial charge in [-0.3, -0.25) is 24.1 Å². The summed E-state index contributed by atoms with van der Waals surface area (Å²) in [5.74, 6) is -0.934. The first kappa shape index (κ1) is 27.1. The number of carbonyl (C=O) groups is 4. The van der Waals surface area contributed by atoms with Gasteiger partial charge in [0.1, 0.15) is 6.61 Å². The number of benzene rings is 1. The molecule has 1 rings (SSSR count). The van der Waals surface area contributed by atoms with Gasteiger partial charge in [-0.1, -0.05) is 30.3 Å². The number of hydrogen-bond acceptors (Lipinski definition) is 7. The van der Waals surface area contributed by atoms with Gasteiger partial charge in [-0.15, -0.1) is 0 Å². The molecule has 1 unspecified atom stereocenters. The largest absolute Gasteiger partial charge is 0.469 e. The number of nitrogens with zero attached hydrogens (tertiary/aromatic N) is 1. The molecule has 0 aliphatic carbocycles. The number of carbonyl (C=O) groups excluding carboxylic acids is 4. The van der Waals surface area contributed by atoms with E-state index in [1.807, 2.05) is 30.3 Å². The van der Waals surface area contributed by atoms with Gasteiger partial charge < -0.3 is 20.1 Å². The zero-order valence-corrected chi connectivity index (χ0v) is 19.2. The van der Waals surface area contributed by atoms with E-state index >= 15 is 0 Å². The van der Waals surface area contributed by atoms with E-state index in [0.29, 0.717) is 39.0 Å². The van der Waals surface area contributed by atoms with Crippen LogP contribution in [0.1, 0.15) is 45.1 Å². The summed E-state index contributed by atoms with van der Waals surface area (Å²) in [4.78, 5) is 48.4. The van der Waals surface area contributed by atoms with Gasteiger partial charge in [-0.25, -0.2) is 0 Å². The average Bonchev–Trinajstić information content (AvgIpc) is 2.75. The summed E-state index contributed by atoms with van der Waals surface area (Å²) in [7, 11) is 1.33. The molecule has 0 spiro atoms. The summed E-state index contributed by atoms with van der Waals surface area (Å²) < 4.78 is 9.99. The Kier molecular flexibility index (Phi) is 13.4. The number of ether oxygens (including phenoxy) is 2. The minimum Gasteiger partial charge on any atom is -0.469 e. The molecule has 0 aliphatic heterocycles. The van der Waals surface area contributed by atoms with Crippen molar-refractivity contribution in [2.24, 2.45) is 0 Å². The molecule has 9 nitrogen and oxygen atoms in total. The summed E-state index contributed by atoms with van der Waals surface area (Å²) in [6, 6.07) is 9.22. The van der Waals surface area contributed by atoms with Crippen LogP contribution in [0.15, 0.2) is 30.3 Å². The minimum atomic E-state index is -0.341. The number of amides is 2. The van der Waals surface area contributed by atoms with Crippen LogP contribution in [0.2, 0.25) is 0 Å². The number of hydrogen-bond donors (Lipinski definition) is 2. The Bertz CT molecular complexity index is 726. The highest BCUT2D eigenvalue weighted by Gasteiger charge is 2.17. The lowest BCUT2D eigenvalue weighted by Gasteiger charge is -2.28. The van der Waals surface area contributed by atoms with Crippen LogP contribution in [-0.4, -0.2) is 68.0 Å². The van der Waals surface area contributed by atoms with E-state index < -0.39 is 0 Å². The van der Waals surface area contributed by atoms with Crippen LogP contribution >= 0.6 is 0 Å². The minimum absolute atomic E-state index is 0.126. The lowest BCUT2D eigenvalue weighted by molar-refractivity contribution is -0.145. The molecule has 0 radical (unpaired) electrons. The summed E-state index contributed by atoms with van der Waals surface area (Å²) in [5, 5.41) is 5.61. The molecule has 1 aromatic carbocycles. The standard InChI is InChI=1S/C23H35N3O6/c1-18(27)24-13-15-26(16-21(25-19(2)28)11-12-22(29)31-3)14-7-10-23(30)32-17-20-8-5-4-6-9-20/h4-6,8-9,21H,7,10-17H2,1-3H3,(H,24,27)(H,25,28). The van der Waals surface area contributed by atoms with Crippen LogP contribution in [0.5, 0.6) is 0 Å². The summed E-state index contributed by atoms with van der Waals surface area (Å²) in [6.07, 6.45) is 1.45. The highest BCUT2D eigenvalue weighted by Crippen LogP contribution is 2.06. The molecule has 0 saturated heterocycles. The van der Waals surface area contributed by atoms with Gasteiger partial charge in [-0.05, 0) is 24.9 Å². The van der Waals surface area contributed by atoms with Gasteiger partial charge in [0, 0.05) is 52.4 Å². The molecule has 0 aromatic heterocycles. The third-order valence-electron chi connectivity index (χ3n) is 4.71. The Morgan fingerprint density at radius 2 is 1.69 bits per heavy atom. The van der Waals surface area contributed by atoms with Gasteiger partial charge in [0.05, 0.1) is 7.11 Å². The van der Waals surface area contributed by atoms with E-state index in [0.717, 1.165) is 5.56 Å². The smallest absolute Gasteiger partial charge is 0.306 e. The quantitative estimate of drug-likeness (QED) is 0.389. The van der Waals surface area contributed by atoms with Gasteiger partial charge in [0.2, 0.25) is 11.8 Å². The monoisotopic (exact) mass is 449 g/mol. The van der Waals surface area contributed by atoms with Crippen LogP contribution in [0.3, 0.4) is 0 Å². The molecule has 178 valence electrons. The zero-order chi connectivity index (χ0) is 23.8. The molecule has 2 N–H and O–H groups in total. The van der Waals surface area contributed by atoms with E-state index in [-0.39, 0.29) is 49.2 Å². The van der Waals surface area contributed by atoms with E-state index in [1.54, 1.807) is 0 Å². The second kappa shape index (κ2) is 15.8. The molecule has 0 saturated carbocycles. The number of nitrogens with one attached hydrogen (secondary N) is 2. The maximum Gasteiger partial charge on any atom is 0.306 e. The van der Waals surface area contributed by atoms with Crippen LogP contribution in [0.4, 0.5) is 0 Å². The predicted molar refractivity (Wildman–Crippen MR) is 119 cm³/mol. The lowest BCUT2D eigenvalue weighted by atomic mass is 10.1. The fourth-order valence-corrected chi connectivity index (χ4v) is 3.14. The molecule has 0 fully saturated rings. The Labute approximate surface area is 189 Å². The zero-order valence-electron chi connectivity index (χ0n) is 19.2. The topological polar surface area (TPSA) is 114 Å². The molecule has 2 amide bonds. The van der Waals surface area contributed by atoms with E-state index in [1.165, 1.54) is 21.0 Å². The fourth-order valence-electron chi connectivity index (χ4n) is 3.14. The van der Waals surface area contributed by atoms with Crippen molar-refractivity contribution in [3.63, 3.8) is 0 Å². The van der Waals surface area contributed by atoms with E-state index in [9.17, 15) is 19.2 Å². The Morgan fingerprint density at radius 3 is 2.31 bits per heavy atom.